The van der Waals surface area contributed by atoms with Gasteiger partial charge in [0.1, 0.15) is 0 Å². The van der Waals surface area contributed by atoms with E-state index in [9.17, 15) is 9.59 Å². The van der Waals surface area contributed by atoms with Crippen LogP contribution in [0.25, 0.3) is 5.57 Å². The summed E-state index contributed by atoms with van der Waals surface area (Å²) in [6.45, 7) is 0. The molecular formula is C17H13NO3S. The summed E-state index contributed by atoms with van der Waals surface area (Å²) in [6.07, 6.45) is 0. The van der Waals surface area contributed by atoms with Gasteiger partial charge in [0.05, 0.1) is 18.4 Å². The number of rotatable bonds is 3. The molecule has 3 rings (SSSR count). The topological polar surface area (TPSA) is 46.6 Å². The second-order valence-electron chi connectivity index (χ2n) is 4.71. The van der Waals surface area contributed by atoms with Crippen molar-refractivity contribution in [2.24, 2.45) is 0 Å². The average molecular weight is 311 g/mol. The molecule has 0 radical (unpaired) electrons. The quantitative estimate of drug-likeness (QED) is 0.700. The Morgan fingerprint density at radius 3 is 2.18 bits per heavy atom. The standard InChI is InChI=1S/C17H13NO3S/c1-21-15-14(11-7-3-2-4-8-11)16(19)18(17(15)20)12-9-5-6-10-13(12)22/h2-10,22H,1H3. The number of imide groups is 1. The summed E-state index contributed by atoms with van der Waals surface area (Å²) < 4.78 is 5.20. The largest absolute Gasteiger partial charge is 0.490 e. The molecule has 1 aliphatic heterocycles. The lowest BCUT2D eigenvalue weighted by atomic mass is 10.1. The maximum Gasteiger partial charge on any atom is 0.301 e. The lowest BCUT2D eigenvalue weighted by Gasteiger charge is -2.16. The summed E-state index contributed by atoms with van der Waals surface area (Å²) in [4.78, 5) is 27.0. The zero-order valence-electron chi connectivity index (χ0n) is 11.8. The van der Waals surface area contributed by atoms with Crippen molar-refractivity contribution in [2.75, 3.05) is 12.0 Å². The molecule has 4 nitrogen and oxygen atoms in total. The van der Waals surface area contributed by atoms with E-state index in [0.29, 0.717) is 16.1 Å². The molecule has 2 aromatic carbocycles. The molecule has 2 aromatic rings. The Morgan fingerprint density at radius 2 is 1.55 bits per heavy atom. The van der Waals surface area contributed by atoms with Gasteiger partial charge in [-0.15, -0.1) is 12.6 Å². The van der Waals surface area contributed by atoms with E-state index < -0.39 is 11.8 Å². The molecule has 0 fully saturated rings. The normalized spacial score (nSPS) is 14.7. The lowest BCUT2D eigenvalue weighted by Crippen LogP contribution is -2.32. The fourth-order valence-corrected chi connectivity index (χ4v) is 2.69. The van der Waals surface area contributed by atoms with E-state index in [1.54, 1.807) is 36.4 Å². The van der Waals surface area contributed by atoms with Crippen molar-refractivity contribution in [1.29, 1.82) is 0 Å². The van der Waals surface area contributed by atoms with Crippen molar-refractivity contribution in [1.82, 2.24) is 0 Å². The molecule has 0 unspecified atom stereocenters. The highest BCUT2D eigenvalue weighted by Crippen LogP contribution is 2.35. The Bertz CT molecular complexity index is 784. The van der Waals surface area contributed by atoms with Crippen molar-refractivity contribution >= 4 is 35.7 Å². The van der Waals surface area contributed by atoms with Crippen LogP contribution in [0.1, 0.15) is 5.56 Å². The highest BCUT2D eigenvalue weighted by molar-refractivity contribution is 7.80. The monoisotopic (exact) mass is 311 g/mol. The summed E-state index contributed by atoms with van der Waals surface area (Å²) in [5.41, 5.74) is 1.36. The molecule has 0 aliphatic carbocycles. The van der Waals surface area contributed by atoms with Crippen LogP contribution in [0.2, 0.25) is 0 Å². The number of amides is 2. The van der Waals surface area contributed by atoms with Crippen molar-refractivity contribution in [3.8, 4) is 0 Å². The second-order valence-corrected chi connectivity index (χ2v) is 5.19. The van der Waals surface area contributed by atoms with Crippen LogP contribution in [-0.4, -0.2) is 18.9 Å². The number of carbonyl (C=O) groups excluding carboxylic acids is 2. The number of hydrogen-bond acceptors (Lipinski definition) is 4. The van der Waals surface area contributed by atoms with Gasteiger partial charge in [-0.2, -0.15) is 0 Å². The molecule has 0 bridgehead atoms. The van der Waals surface area contributed by atoms with E-state index in [-0.39, 0.29) is 11.3 Å². The number of ether oxygens (including phenoxy) is 1. The van der Waals surface area contributed by atoms with Crippen LogP contribution in [0.3, 0.4) is 0 Å². The van der Waals surface area contributed by atoms with Gasteiger partial charge in [-0.3, -0.25) is 9.59 Å². The minimum absolute atomic E-state index is 0.0489. The van der Waals surface area contributed by atoms with Gasteiger partial charge >= 0.3 is 5.91 Å². The Balaban J connectivity index is 2.13. The third-order valence-corrected chi connectivity index (χ3v) is 3.81. The zero-order valence-corrected chi connectivity index (χ0v) is 12.7. The molecule has 1 aliphatic rings. The molecule has 0 saturated heterocycles. The zero-order chi connectivity index (χ0) is 15.7. The predicted molar refractivity (Wildman–Crippen MR) is 86.6 cm³/mol. The summed E-state index contributed by atoms with van der Waals surface area (Å²) in [5, 5.41) is 0. The summed E-state index contributed by atoms with van der Waals surface area (Å²) in [5.74, 6) is -0.838. The Hall–Kier alpha value is -2.53. The van der Waals surface area contributed by atoms with Crippen molar-refractivity contribution < 1.29 is 14.3 Å². The Labute approximate surface area is 133 Å². The highest BCUT2D eigenvalue weighted by atomic mass is 32.1. The van der Waals surface area contributed by atoms with Crippen molar-refractivity contribution in [2.45, 2.75) is 4.90 Å². The molecule has 5 heteroatoms. The maximum atomic E-state index is 12.8. The molecular weight excluding hydrogens is 298 g/mol. The molecule has 0 atom stereocenters. The van der Waals surface area contributed by atoms with Gasteiger partial charge < -0.3 is 4.74 Å². The van der Waals surface area contributed by atoms with Crippen molar-refractivity contribution in [3.05, 3.63) is 65.9 Å². The Morgan fingerprint density at radius 1 is 0.909 bits per heavy atom. The van der Waals surface area contributed by atoms with E-state index in [1.807, 2.05) is 18.2 Å². The van der Waals surface area contributed by atoms with Crippen LogP contribution < -0.4 is 4.90 Å². The van der Waals surface area contributed by atoms with E-state index in [2.05, 4.69) is 12.6 Å². The smallest absolute Gasteiger partial charge is 0.301 e. The fourth-order valence-electron chi connectivity index (χ4n) is 2.43. The van der Waals surface area contributed by atoms with Gasteiger partial charge in [0.2, 0.25) is 0 Å². The average Bonchev–Trinajstić information content (AvgIpc) is 2.79. The first-order valence-electron chi connectivity index (χ1n) is 6.65. The van der Waals surface area contributed by atoms with E-state index in [0.717, 1.165) is 4.90 Å². The van der Waals surface area contributed by atoms with Crippen LogP contribution >= 0.6 is 12.6 Å². The molecule has 0 N–H and O–H groups in total. The second kappa shape index (κ2) is 5.69. The molecule has 0 spiro atoms. The summed E-state index contributed by atoms with van der Waals surface area (Å²) in [6, 6.07) is 16.0. The van der Waals surface area contributed by atoms with Gasteiger partial charge in [0.25, 0.3) is 5.91 Å². The first-order chi connectivity index (χ1) is 10.6. The third kappa shape index (κ3) is 2.19. The molecule has 2 amide bonds. The number of anilines is 1. The van der Waals surface area contributed by atoms with Crippen LogP contribution in [0.4, 0.5) is 5.69 Å². The molecule has 110 valence electrons. The summed E-state index contributed by atoms with van der Waals surface area (Å²) >= 11 is 4.32. The number of carbonyl (C=O) groups is 2. The van der Waals surface area contributed by atoms with E-state index in [1.165, 1.54) is 7.11 Å². The first kappa shape index (κ1) is 14.4. The van der Waals surface area contributed by atoms with Gasteiger partial charge in [-0.25, -0.2) is 4.90 Å². The number of benzene rings is 2. The number of nitrogens with zero attached hydrogens (tertiary/aromatic N) is 1. The molecule has 0 saturated carbocycles. The van der Waals surface area contributed by atoms with Crippen LogP contribution in [0.15, 0.2) is 65.3 Å². The van der Waals surface area contributed by atoms with Crippen LogP contribution in [-0.2, 0) is 14.3 Å². The maximum absolute atomic E-state index is 12.8. The van der Waals surface area contributed by atoms with Crippen LogP contribution in [0.5, 0.6) is 0 Å². The third-order valence-electron chi connectivity index (χ3n) is 3.43. The minimum Gasteiger partial charge on any atom is -0.490 e. The molecule has 0 aromatic heterocycles. The van der Waals surface area contributed by atoms with E-state index in [4.69, 9.17) is 4.74 Å². The van der Waals surface area contributed by atoms with Gasteiger partial charge in [0, 0.05) is 4.90 Å². The number of para-hydroxylation sites is 1. The number of methoxy groups -OCH3 is 1. The minimum atomic E-state index is -0.479. The van der Waals surface area contributed by atoms with Crippen LogP contribution in [0, 0.1) is 0 Å². The SMILES string of the molecule is COC1=C(c2ccccc2)C(=O)N(c2ccccc2S)C1=O. The molecule has 22 heavy (non-hydrogen) atoms. The number of thiol groups is 1. The predicted octanol–water partition coefficient (Wildman–Crippen LogP) is 2.91. The Kier molecular flexibility index (Phi) is 3.73. The van der Waals surface area contributed by atoms with Gasteiger partial charge in [-0.05, 0) is 17.7 Å². The number of hydrogen-bond donors (Lipinski definition) is 1. The lowest BCUT2D eigenvalue weighted by molar-refractivity contribution is -0.121. The fraction of sp³-hybridized carbons (Fsp3) is 0.0588. The highest BCUT2D eigenvalue weighted by Gasteiger charge is 2.41. The first-order valence-corrected chi connectivity index (χ1v) is 7.10. The van der Waals surface area contributed by atoms with Crippen molar-refractivity contribution in [3.63, 3.8) is 0 Å². The summed E-state index contributed by atoms with van der Waals surface area (Å²) in [7, 11) is 1.39. The van der Waals surface area contributed by atoms with Gasteiger partial charge in [0.15, 0.2) is 5.76 Å². The van der Waals surface area contributed by atoms with E-state index >= 15 is 0 Å². The van der Waals surface area contributed by atoms with Gasteiger partial charge in [-0.1, -0.05) is 42.5 Å². The molecule has 1 heterocycles.